The van der Waals surface area contributed by atoms with Gasteiger partial charge in [-0.2, -0.15) is 11.3 Å². The first-order valence-corrected chi connectivity index (χ1v) is 8.12. The topological polar surface area (TPSA) is 21.3 Å². The predicted octanol–water partition coefficient (Wildman–Crippen LogP) is 3.48. The van der Waals surface area contributed by atoms with E-state index in [1.807, 2.05) is 0 Å². The molecule has 1 aliphatic carbocycles. The van der Waals surface area contributed by atoms with Crippen LogP contribution in [0.1, 0.15) is 38.2 Å². The molecule has 1 heterocycles. The molecule has 2 nitrogen and oxygen atoms in total. The molecule has 0 amide bonds. The van der Waals surface area contributed by atoms with Crippen LogP contribution in [-0.4, -0.2) is 25.8 Å². The molecule has 1 N–H and O–H groups in total. The second kappa shape index (κ2) is 7.93. The average molecular weight is 267 g/mol. The standard InChI is InChI=1S/C15H25NOS/c1-13-2-4-15(5-3-13)17-10-9-16-8-6-14-7-11-18-12-14/h7,11-13,15-16H,2-6,8-10H2,1H3. The SMILES string of the molecule is CC1CCC(OCCNCCc2ccsc2)CC1. The van der Waals surface area contributed by atoms with E-state index in [1.165, 1.54) is 31.2 Å². The zero-order valence-electron chi connectivity index (χ0n) is 11.4. The van der Waals surface area contributed by atoms with Gasteiger partial charge in [0.15, 0.2) is 0 Å². The third kappa shape index (κ3) is 5.09. The van der Waals surface area contributed by atoms with Crippen LogP contribution in [-0.2, 0) is 11.2 Å². The van der Waals surface area contributed by atoms with E-state index in [4.69, 9.17) is 4.74 Å². The Morgan fingerprint density at radius 2 is 2.11 bits per heavy atom. The number of hydrogen-bond acceptors (Lipinski definition) is 3. The maximum absolute atomic E-state index is 5.91. The summed E-state index contributed by atoms with van der Waals surface area (Å²) in [5.41, 5.74) is 1.44. The molecule has 2 rings (SSSR count). The van der Waals surface area contributed by atoms with Crippen LogP contribution in [0.2, 0.25) is 0 Å². The van der Waals surface area contributed by atoms with Crippen molar-refractivity contribution in [1.82, 2.24) is 5.32 Å². The second-order valence-electron chi connectivity index (χ2n) is 5.38. The van der Waals surface area contributed by atoms with Crippen LogP contribution < -0.4 is 5.32 Å². The Balaban J connectivity index is 1.44. The van der Waals surface area contributed by atoms with Crippen molar-refractivity contribution in [1.29, 1.82) is 0 Å². The van der Waals surface area contributed by atoms with Gasteiger partial charge in [0, 0.05) is 6.54 Å². The fourth-order valence-corrected chi connectivity index (χ4v) is 3.19. The Kier molecular flexibility index (Phi) is 6.18. The van der Waals surface area contributed by atoms with Crippen LogP contribution in [0.25, 0.3) is 0 Å². The maximum Gasteiger partial charge on any atom is 0.0594 e. The zero-order chi connectivity index (χ0) is 12.6. The molecule has 0 aromatic carbocycles. The van der Waals surface area contributed by atoms with E-state index in [2.05, 4.69) is 29.1 Å². The van der Waals surface area contributed by atoms with E-state index in [9.17, 15) is 0 Å². The molecule has 18 heavy (non-hydrogen) atoms. The lowest BCUT2D eigenvalue weighted by Gasteiger charge is -2.26. The zero-order valence-corrected chi connectivity index (χ0v) is 12.2. The van der Waals surface area contributed by atoms with Crippen molar-refractivity contribution in [3.8, 4) is 0 Å². The Labute approximate surface area is 115 Å². The van der Waals surface area contributed by atoms with Crippen molar-refractivity contribution < 1.29 is 4.74 Å². The first kappa shape index (κ1) is 14.0. The number of nitrogens with one attached hydrogen (secondary N) is 1. The van der Waals surface area contributed by atoms with Gasteiger partial charge in [-0.1, -0.05) is 6.92 Å². The Bertz CT molecular complexity index is 304. The molecule has 0 radical (unpaired) electrons. The summed E-state index contributed by atoms with van der Waals surface area (Å²) >= 11 is 1.77. The second-order valence-corrected chi connectivity index (χ2v) is 6.16. The molecule has 1 fully saturated rings. The van der Waals surface area contributed by atoms with Crippen molar-refractivity contribution >= 4 is 11.3 Å². The number of thiophene rings is 1. The van der Waals surface area contributed by atoms with E-state index in [1.54, 1.807) is 11.3 Å². The smallest absolute Gasteiger partial charge is 0.0594 e. The van der Waals surface area contributed by atoms with Crippen LogP contribution in [0.5, 0.6) is 0 Å². The molecule has 0 bridgehead atoms. The minimum absolute atomic E-state index is 0.528. The summed E-state index contributed by atoms with van der Waals surface area (Å²) < 4.78 is 5.91. The summed E-state index contributed by atoms with van der Waals surface area (Å²) in [6.45, 7) is 5.25. The highest BCUT2D eigenvalue weighted by Crippen LogP contribution is 2.25. The minimum atomic E-state index is 0.528. The number of ether oxygens (including phenoxy) is 1. The normalized spacial score (nSPS) is 24.3. The van der Waals surface area contributed by atoms with Gasteiger partial charge in [-0.3, -0.25) is 0 Å². The largest absolute Gasteiger partial charge is 0.377 e. The number of hydrogen-bond donors (Lipinski definition) is 1. The summed E-state index contributed by atoms with van der Waals surface area (Å²) in [4.78, 5) is 0. The third-order valence-corrected chi connectivity index (χ3v) is 4.50. The van der Waals surface area contributed by atoms with Crippen LogP contribution in [0.3, 0.4) is 0 Å². The molecular formula is C15H25NOS. The summed E-state index contributed by atoms with van der Waals surface area (Å²) in [5.74, 6) is 0.911. The van der Waals surface area contributed by atoms with Gasteiger partial charge in [-0.25, -0.2) is 0 Å². The van der Waals surface area contributed by atoms with Gasteiger partial charge in [0.25, 0.3) is 0 Å². The van der Waals surface area contributed by atoms with Gasteiger partial charge in [-0.05, 0) is 67.0 Å². The Morgan fingerprint density at radius 1 is 1.28 bits per heavy atom. The maximum atomic E-state index is 5.91. The van der Waals surface area contributed by atoms with E-state index in [0.29, 0.717) is 6.10 Å². The molecule has 0 aliphatic heterocycles. The molecule has 0 unspecified atom stereocenters. The van der Waals surface area contributed by atoms with Gasteiger partial charge < -0.3 is 10.1 Å². The van der Waals surface area contributed by atoms with Crippen LogP contribution in [0.4, 0.5) is 0 Å². The van der Waals surface area contributed by atoms with Crippen LogP contribution >= 0.6 is 11.3 Å². The predicted molar refractivity (Wildman–Crippen MR) is 78.3 cm³/mol. The van der Waals surface area contributed by atoms with Gasteiger partial charge in [0.2, 0.25) is 0 Å². The Morgan fingerprint density at radius 3 is 2.83 bits per heavy atom. The fraction of sp³-hybridized carbons (Fsp3) is 0.733. The van der Waals surface area contributed by atoms with Crippen molar-refractivity contribution in [2.24, 2.45) is 5.92 Å². The van der Waals surface area contributed by atoms with Crippen LogP contribution in [0.15, 0.2) is 16.8 Å². The lowest BCUT2D eigenvalue weighted by Crippen LogP contribution is -2.27. The molecule has 1 aliphatic rings. The molecule has 1 aromatic heterocycles. The highest BCUT2D eigenvalue weighted by atomic mass is 32.1. The highest BCUT2D eigenvalue weighted by molar-refractivity contribution is 7.07. The minimum Gasteiger partial charge on any atom is -0.377 e. The molecule has 3 heteroatoms. The molecule has 1 saturated carbocycles. The first-order valence-electron chi connectivity index (χ1n) is 7.18. The van der Waals surface area contributed by atoms with Crippen molar-refractivity contribution in [3.05, 3.63) is 22.4 Å². The van der Waals surface area contributed by atoms with Crippen molar-refractivity contribution in [3.63, 3.8) is 0 Å². The highest BCUT2D eigenvalue weighted by Gasteiger charge is 2.17. The molecule has 0 spiro atoms. The van der Waals surface area contributed by atoms with Gasteiger partial charge >= 0.3 is 0 Å². The third-order valence-electron chi connectivity index (χ3n) is 3.77. The first-order chi connectivity index (χ1) is 8.84. The van der Waals surface area contributed by atoms with E-state index in [0.717, 1.165) is 32.0 Å². The summed E-state index contributed by atoms with van der Waals surface area (Å²) in [7, 11) is 0. The lowest BCUT2D eigenvalue weighted by atomic mass is 9.89. The lowest BCUT2D eigenvalue weighted by molar-refractivity contribution is 0.0217. The number of rotatable bonds is 7. The monoisotopic (exact) mass is 267 g/mol. The molecule has 102 valence electrons. The molecule has 0 saturated heterocycles. The Hall–Kier alpha value is -0.380. The van der Waals surface area contributed by atoms with E-state index < -0.39 is 0 Å². The van der Waals surface area contributed by atoms with Crippen molar-refractivity contribution in [2.75, 3.05) is 19.7 Å². The van der Waals surface area contributed by atoms with Gasteiger partial charge in [0.05, 0.1) is 12.7 Å². The van der Waals surface area contributed by atoms with Gasteiger partial charge in [-0.15, -0.1) is 0 Å². The van der Waals surface area contributed by atoms with Crippen molar-refractivity contribution in [2.45, 2.75) is 45.1 Å². The van der Waals surface area contributed by atoms with E-state index in [-0.39, 0.29) is 0 Å². The van der Waals surface area contributed by atoms with Gasteiger partial charge in [0.1, 0.15) is 0 Å². The quantitative estimate of drug-likeness (QED) is 0.764. The van der Waals surface area contributed by atoms with Crippen LogP contribution in [0, 0.1) is 5.92 Å². The molecular weight excluding hydrogens is 242 g/mol. The summed E-state index contributed by atoms with van der Waals surface area (Å²) in [6, 6.07) is 2.20. The molecule has 1 aromatic rings. The fourth-order valence-electron chi connectivity index (χ4n) is 2.49. The molecule has 0 atom stereocenters. The average Bonchev–Trinajstić information content (AvgIpc) is 2.89. The summed E-state index contributed by atoms with van der Waals surface area (Å²) in [5, 5.41) is 7.82. The van der Waals surface area contributed by atoms with E-state index >= 15 is 0 Å². The summed E-state index contributed by atoms with van der Waals surface area (Å²) in [6.07, 6.45) is 6.86.